The third-order valence-corrected chi connectivity index (χ3v) is 6.08. The Bertz CT molecular complexity index is 1170. The van der Waals surface area contributed by atoms with Gasteiger partial charge >= 0.3 is 5.97 Å². The molecule has 1 N–H and O–H groups in total. The third kappa shape index (κ3) is 5.82. The normalized spacial score (nSPS) is 15.3. The van der Waals surface area contributed by atoms with Gasteiger partial charge in [0.15, 0.2) is 11.5 Å². The maximum atomic E-state index is 12.9. The average molecular weight is 510 g/mol. The smallest absolute Gasteiger partial charge is 0.342 e. The van der Waals surface area contributed by atoms with Crippen molar-refractivity contribution in [1.82, 2.24) is 4.90 Å². The van der Waals surface area contributed by atoms with Gasteiger partial charge in [-0.3, -0.25) is 14.5 Å². The van der Waals surface area contributed by atoms with Crippen LogP contribution in [0.2, 0.25) is 10.0 Å². The van der Waals surface area contributed by atoms with Crippen molar-refractivity contribution in [3.8, 4) is 11.5 Å². The molecular formula is C23H21Cl2NO6S. The molecule has 1 saturated heterocycles. The van der Waals surface area contributed by atoms with Crippen LogP contribution in [0.3, 0.4) is 0 Å². The molecule has 0 radical (unpaired) electrons. The zero-order valence-corrected chi connectivity index (χ0v) is 20.6. The van der Waals surface area contributed by atoms with Gasteiger partial charge in [-0.05, 0) is 74.0 Å². The van der Waals surface area contributed by atoms with Crippen LogP contribution in [0.1, 0.15) is 42.3 Å². The molecule has 0 aliphatic carbocycles. The number of esters is 1. The minimum Gasteiger partial charge on any atom is -0.504 e. The molecular weight excluding hydrogens is 489 g/mol. The number of ether oxygens (including phenoxy) is 2. The van der Waals surface area contributed by atoms with Gasteiger partial charge in [0.2, 0.25) is 0 Å². The van der Waals surface area contributed by atoms with E-state index in [-0.39, 0.29) is 28.5 Å². The second-order valence-electron chi connectivity index (χ2n) is 8.14. The zero-order valence-electron chi connectivity index (χ0n) is 18.3. The molecule has 1 aliphatic heterocycles. The number of hydrogen-bond donors (Lipinski definition) is 1. The summed E-state index contributed by atoms with van der Waals surface area (Å²) >= 11 is 12.7. The number of amides is 2. The molecule has 0 spiro atoms. The Morgan fingerprint density at radius 2 is 1.85 bits per heavy atom. The highest BCUT2D eigenvalue weighted by Crippen LogP contribution is 2.37. The Hall–Kier alpha value is -2.68. The van der Waals surface area contributed by atoms with Crippen LogP contribution in [-0.2, 0) is 16.1 Å². The van der Waals surface area contributed by atoms with Crippen molar-refractivity contribution in [2.75, 3.05) is 7.11 Å². The third-order valence-electron chi connectivity index (χ3n) is 4.43. The van der Waals surface area contributed by atoms with E-state index in [2.05, 4.69) is 0 Å². The molecule has 0 aromatic heterocycles. The van der Waals surface area contributed by atoms with Gasteiger partial charge in [-0.2, -0.15) is 0 Å². The summed E-state index contributed by atoms with van der Waals surface area (Å²) in [4.78, 5) is 39.2. The number of phenolic OH excluding ortho intramolecular Hbond substituents is 1. The number of nitrogens with zero attached hydrogens (tertiary/aromatic N) is 1. The molecule has 0 bridgehead atoms. The molecule has 3 rings (SSSR count). The number of hydrogen-bond acceptors (Lipinski definition) is 7. The fourth-order valence-electron chi connectivity index (χ4n) is 2.96. The number of phenols is 1. The van der Waals surface area contributed by atoms with E-state index in [9.17, 15) is 19.5 Å². The van der Waals surface area contributed by atoms with E-state index >= 15 is 0 Å². The first kappa shape index (κ1) is 25.0. The van der Waals surface area contributed by atoms with Crippen LogP contribution in [0.4, 0.5) is 4.79 Å². The SMILES string of the molecule is COc1cc(C=C2SC(=O)N(Cc3ccc(Cl)c(Cl)c3)C2=O)cc(C(=O)OC(C)(C)C)c1O. The molecule has 1 fully saturated rings. The Balaban J connectivity index is 1.91. The summed E-state index contributed by atoms with van der Waals surface area (Å²) in [6, 6.07) is 7.69. The Morgan fingerprint density at radius 3 is 2.45 bits per heavy atom. The van der Waals surface area contributed by atoms with Gasteiger partial charge < -0.3 is 14.6 Å². The van der Waals surface area contributed by atoms with Crippen molar-refractivity contribution >= 4 is 58.2 Å². The van der Waals surface area contributed by atoms with E-state index in [4.69, 9.17) is 32.7 Å². The average Bonchev–Trinajstić information content (AvgIpc) is 2.97. The van der Waals surface area contributed by atoms with Crippen molar-refractivity contribution in [2.45, 2.75) is 32.9 Å². The monoisotopic (exact) mass is 509 g/mol. The van der Waals surface area contributed by atoms with E-state index in [0.717, 1.165) is 16.7 Å². The van der Waals surface area contributed by atoms with E-state index in [0.29, 0.717) is 21.2 Å². The maximum absolute atomic E-state index is 12.9. The molecule has 1 heterocycles. The molecule has 2 aromatic carbocycles. The first-order valence-corrected chi connectivity index (χ1v) is 11.3. The predicted octanol–water partition coefficient (Wildman–Crippen LogP) is 5.90. The molecule has 1 aliphatic rings. The van der Waals surface area contributed by atoms with Crippen LogP contribution in [0, 0.1) is 0 Å². The Kier molecular flexibility index (Phi) is 7.31. The van der Waals surface area contributed by atoms with E-state index < -0.39 is 22.7 Å². The number of halogens is 2. The van der Waals surface area contributed by atoms with Crippen LogP contribution < -0.4 is 4.74 Å². The number of methoxy groups -OCH3 is 1. The van der Waals surface area contributed by atoms with Crippen molar-refractivity contribution in [1.29, 1.82) is 0 Å². The lowest BCUT2D eigenvalue weighted by Gasteiger charge is -2.20. The molecule has 7 nitrogen and oxygen atoms in total. The number of rotatable bonds is 5. The summed E-state index contributed by atoms with van der Waals surface area (Å²) in [5, 5.41) is 10.6. The zero-order chi connectivity index (χ0) is 24.5. The molecule has 174 valence electrons. The molecule has 10 heteroatoms. The summed E-state index contributed by atoms with van der Waals surface area (Å²) in [5.41, 5.74) is 0.127. The summed E-state index contributed by atoms with van der Waals surface area (Å²) in [6.45, 7) is 5.13. The lowest BCUT2D eigenvalue weighted by molar-refractivity contribution is -0.123. The van der Waals surface area contributed by atoms with Crippen LogP contribution >= 0.6 is 35.0 Å². The largest absolute Gasteiger partial charge is 0.504 e. The van der Waals surface area contributed by atoms with Crippen molar-refractivity contribution in [3.63, 3.8) is 0 Å². The quantitative estimate of drug-likeness (QED) is 0.396. The molecule has 0 saturated carbocycles. The van der Waals surface area contributed by atoms with Crippen molar-refractivity contribution < 1.29 is 29.0 Å². The van der Waals surface area contributed by atoms with Crippen LogP contribution in [0.25, 0.3) is 6.08 Å². The fraction of sp³-hybridized carbons (Fsp3) is 0.261. The molecule has 2 aromatic rings. The number of imide groups is 1. The summed E-state index contributed by atoms with van der Waals surface area (Å²) in [6.07, 6.45) is 1.45. The van der Waals surface area contributed by atoms with Gasteiger partial charge in [0.05, 0.1) is 28.6 Å². The summed E-state index contributed by atoms with van der Waals surface area (Å²) in [5.74, 6) is -1.60. The topological polar surface area (TPSA) is 93.1 Å². The second kappa shape index (κ2) is 9.67. The highest BCUT2D eigenvalue weighted by atomic mass is 35.5. The molecule has 2 amide bonds. The number of thioether (sulfide) groups is 1. The van der Waals surface area contributed by atoms with Crippen LogP contribution in [0.5, 0.6) is 11.5 Å². The Morgan fingerprint density at radius 1 is 1.15 bits per heavy atom. The highest BCUT2D eigenvalue weighted by molar-refractivity contribution is 8.18. The standard InChI is InChI=1S/C23H21Cl2NO6S/c1-23(2,3)32-21(29)14-7-13(9-17(31-4)19(14)27)10-18-20(28)26(22(30)33-18)11-12-5-6-15(24)16(25)8-12/h5-10,27H,11H2,1-4H3. The van der Waals surface area contributed by atoms with Gasteiger partial charge in [0.25, 0.3) is 11.1 Å². The number of benzene rings is 2. The van der Waals surface area contributed by atoms with Gasteiger partial charge in [0, 0.05) is 0 Å². The van der Waals surface area contributed by atoms with E-state index in [1.807, 2.05) is 0 Å². The number of aromatic hydroxyl groups is 1. The maximum Gasteiger partial charge on any atom is 0.342 e. The molecule has 0 atom stereocenters. The second-order valence-corrected chi connectivity index (χ2v) is 9.95. The lowest BCUT2D eigenvalue weighted by Crippen LogP contribution is -2.27. The Labute approximate surface area is 205 Å². The highest BCUT2D eigenvalue weighted by Gasteiger charge is 2.35. The van der Waals surface area contributed by atoms with Crippen LogP contribution in [-0.4, -0.2) is 39.8 Å². The van der Waals surface area contributed by atoms with Gasteiger partial charge in [0.1, 0.15) is 11.2 Å². The first-order valence-electron chi connectivity index (χ1n) is 9.73. The van der Waals surface area contributed by atoms with Gasteiger partial charge in [-0.1, -0.05) is 29.3 Å². The molecule has 33 heavy (non-hydrogen) atoms. The summed E-state index contributed by atoms with van der Waals surface area (Å²) in [7, 11) is 1.34. The minimum absolute atomic E-state index is 0.0274. The van der Waals surface area contributed by atoms with Crippen molar-refractivity contribution in [2.24, 2.45) is 0 Å². The minimum atomic E-state index is -0.778. The fourth-order valence-corrected chi connectivity index (χ4v) is 4.12. The first-order chi connectivity index (χ1) is 15.4. The van der Waals surface area contributed by atoms with E-state index in [1.54, 1.807) is 39.0 Å². The van der Waals surface area contributed by atoms with Gasteiger partial charge in [-0.25, -0.2) is 4.79 Å². The number of carbonyl (C=O) groups is 3. The van der Waals surface area contributed by atoms with Gasteiger partial charge in [-0.15, -0.1) is 0 Å². The number of carbonyl (C=O) groups excluding carboxylic acids is 3. The lowest BCUT2D eigenvalue weighted by atomic mass is 10.1. The van der Waals surface area contributed by atoms with E-state index in [1.165, 1.54) is 25.3 Å². The summed E-state index contributed by atoms with van der Waals surface area (Å²) < 4.78 is 10.5. The predicted molar refractivity (Wildman–Crippen MR) is 128 cm³/mol. The molecule has 0 unspecified atom stereocenters. The van der Waals surface area contributed by atoms with Crippen molar-refractivity contribution in [3.05, 3.63) is 62.0 Å². The van der Waals surface area contributed by atoms with Crippen LogP contribution in [0.15, 0.2) is 35.2 Å².